The molecule has 0 fully saturated rings. The van der Waals surface area contributed by atoms with Gasteiger partial charge >= 0.3 is 0 Å². The van der Waals surface area contributed by atoms with Crippen LogP contribution in [0.4, 0.5) is 0 Å². The Bertz CT molecular complexity index is 554. The Balaban J connectivity index is 0.000000861. The Morgan fingerprint density at radius 3 is 2.05 bits per heavy atom. The van der Waals surface area contributed by atoms with Crippen molar-refractivity contribution in [2.75, 3.05) is 0 Å². The van der Waals surface area contributed by atoms with Gasteiger partial charge in [0.05, 0.1) is 5.57 Å². The SMILES string of the molecule is CC.N=C/C(=C(\C(N)=O)c1ccsc1)c1ccsc1. The molecule has 0 bridgehead atoms. The minimum Gasteiger partial charge on any atom is -0.366 e. The minimum atomic E-state index is -0.506. The van der Waals surface area contributed by atoms with Crippen molar-refractivity contribution < 1.29 is 4.79 Å². The third-order valence-electron chi connectivity index (χ3n) is 2.30. The van der Waals surface area contributed by atoms with Crippen LogP contribution in [0.3, 0.4) is 0 Å². The second-order valence-electron chi connectivity index (χ2n) is 3.32. The zero-order chi connectivity index (χ0) is 14.3. The van der Waals surface area contributed by atoms with E-state index in [9.17, 15) is 4.79 Å². The summed E-state index contributed by atoms with van der Waals surface area (Å²) in [5.74, 6) is -0.506. The number of carbonyl (C=O) groups excluding carboxylic acids is 1. The maximum absolute atomic E-state index is 11.6. The molecule has 0 spiro atoms. The van der Waals surface area contributed by atoms with E-state index < -0.39 is 5.91 Å². The molecule has 0 saturated heterocycles. The van der Waals surface area contributed by atoms with E-state index in [0.717, 1.165) is 11.1 Å². The summed E-state index contributed by atoms with van der Waals surface area (Å²) in [6, 6.07) is 3.71. The number of nitrogens with two attached hydrogens (primary N) is 1. The maximum atomic E-state index is 11.6. The summed E-state index contributed by atoms with van der Waals surface area (Å²) in [5.41, 5.74) is 8.01. The standard InChI is InChI=1S/C12H10N2OS2.C2H6/c13-5-10(8-1-3-16-6-8)11(12(14)15)9-2-4-17-7-9;1-2/h1-7,13H,(H2,14,15);1-2H3/b11-10+,13-5?;. The molecule has 0 unspecified atom stereocenters. The van der Waals surface area contributed by atoms with E-state index in [1.807, 2.05) is 47.5 Å². The molecule has 0 aliphatic heterocycles. The molecule has 2 rings (SSSR count). The third-order valence-corrected chi connectivity index (χ3v) is 3.67. The van der Waals surface area contributed by atoms with Gasteiger partial charge in [-0.25, -0.2) is 0 Å². The van der Waals surface area contributed by atoms with Gasteiger partial charge in [0.2, 0.25) is 5.91 Å². The molecule has 2 heterocycles. The first-order valence-corrected chi connectivity index (χ1v) is 7.72. The molecule has 3 N–H and O–H groups in total. The van der Waals surface area contributed by atoms with Gasteiger partial charge in [-0.3, -0.25) is 4.79 Å². The predicted molar refractivity (Wildman–Crippen MR) is 84.8 cm³/mol. The minimum absolute atomic E-state index is 0.402. The fraction of sp³-hybridized carbons (Fsp3) is 0.143. The largest absolute Gasteiger partial charge is 0.366 e. The van der Waals surface area contributed by atoms with Gasteiger partial charge < -0.3 is 11.1 Å². The first-order valence-electron chi connectivity index (χ1n) is 5.83. The second kappa shape index (κ2) is 7.66. The molecular formula is C14H16N2OS2. The fourth-order valence-corrected chi connectivity index (χ4v) is 2.86. The topological polar surface area (TPSA) is 66.9 Å². The van der Waals surface area contributed by atoms with E-state index in [-0.39, 0.29) is 0 Å². The summed E-state index contributed by atoms with van der Waals surface area (Å²) >= 11 is 3.02. The summed E-state index contributed by atoms with van der Waals surface area (Å²) in [5, 5.41) is 15.0. The van der Waals surface area contributed by atoms with Crippen molar-refractivity contribution in [1.29, 1.82) is 5.41 Å². The van der Waals surface area contributed by atoms with E-state index in [1.54, 1.807) is 0 Å². The van der Waals surface area contributed by atoms with Crippen LogP contribution in [0.25, 0.3) is 11.1 Å². The maximum Gasteiger partial charge on any atom is 0.250 e. The van der Waals surface area contributed by atoms with Crippen molar-refractivity contribution in [1.82, 2.24) is 0 Å². The Morgan fingerprint density at radius 2 is 1.68 bits per heavy atom. The number of carbonyl (C=O) groups is 1. The Kier molecular flexibility index (Phi) is 6.18. The lowest BCUT2D eigenvalue weighted by molar-refractivity contribution is -0.112. The molecule has 5 heteroatoms. The van der Waals surface area contributed by atoms with E-state index in [0.29, 0.717) is 11.1 Å². The van der Waals surface area contributed by atoms with Crippen LogP contribution >= 0.6 is 22.7 Å². The number of amides is 1. The Morgan fingerprint density at radius 1 is 1.16 bits per heavy atom. The molecule has 0 aliphatic rings. The van der Waals surface area contributed by atoms with Crippen LogP contribution in [0.5, 0.6) is 0 Å². The van der Waals surface area contributed by atoms with Crippen molar-refractivity contribution in [2.24, 2.45) is 5.73 Å². The van der Waals surface area contributed by atoms with Gasteiger partial charge in [-0.2, -0.15) is 22.7 Å². The van der Waals surface area contributed by atoms with E-state index in [4.69, 9.17) is 11.1 Å². The normalized spacial score (nSPS) is 11.1. The highest BCUT2D eigenvalue weighted by Crippen LogP contribution is 2.27. The molecule has 0 atom stereocenters. The van der Waals surface area contributed by atoms with E-state index in [1.165, 1.54) is 28.9 Å². The van der Waals surface area contributed by atoms with Gasteiger partial charge in [0.15, 0.2) is 0 Å². The Hall–Kier alpha value is -1.72. The van der Waals surface area contributed by atoms with Crippen LogP contribution in [-0.4, -0.2) is 12.1 Å². The number of hydrogen-bond donors (Lipinski definition) is 2. The lowest BCUT2D eigenvalue weighted by Gasteiger charge is -2.06. The molecular weight excluding hydrogens is 276 g/mol. The molecule has 19 heavy (non-hydrogen) atoms. The molecule has 100 valence electrons. The molecule has 0 aliphatic carbocycles. The molecule has 2 aromatic heterocycles. The number of hydrogen-bond acceptors (Lipinski definition) is 4. The van der Waals surface area contributed by atoms with Gasteiger partial charge in [-0.05, 0) is 44.8 Å². The quantitative estimate of drug-likeness (QED) is 0.651. The highest BCUT2D eigenvalue weighted by Gasteiger charge is 2.15. The van der Waals surface area contributed by atoms with Crippen molar-refractivity contribution in [3.05, 3.63) is 44.8 Å². The summed E-state index contributed by atoms with van der Waals surface area (Å²) in [6.45, 7) is 4.00. The van der Waals surface area contributed by atoms with Gasteiger partial charge in [0.25, 0.3) is 0 Å². The van der Waals surface area contributed by atoms with Crippen LogP contribution in [0, 0.1) is 5.41 Å². The van der Waals surface area contributed by atoms with Crippen molar-refractivity contribution in [3.63, 3.8) is 0 Å². The lowest BCUT2D eigenvalue weighted by atomic mass is 9.98. The number of nitrogens with one attached hydrogen (secondary N) is 1. The highest BCUT2D eigenvalue weighted by molar-refractivity contribution is 7.08. The number of allylic oxidation sites excluding steroid dienone is 1. The highest BCUT2D eigenvalue weighted by atomic mass is 32.1. The third kappa shape index (κ3) is 3.62. The first-order chi connectivity index (χ1) is 9.24. The van der Waals surface area contributed by atoms with Gasteiger partial charge in [0, 0.05) is 11.8 Å². The fourth-order valence-electron chi connectivity index (χ4n) is 1.55. The van der Waals surface area contributed by atoms with Gasteiger partial charge in [0.1, 0.15) is 0 Å². The second-order valence-corrected chi connectivity index (χ2v) is 4.88. The summed E-state index contributed by atoms with van der Waals surface area (Å²) < 4.78 is 0. The number of primary amides is 1. The van der Waals surface area contributed by atoms with Gasteiger partial charge in [-0.15, -0.1) is 0 Å². The van der Waals surface area contributed by atoms with Gasteiger partial charge in [-0.1, -0.05) is 13.8 Å². The summed E-state index contributed by atoms with van der Waals surface area (Å²) in [6.07, 6.45) is 1.18. The molecule has 1 amide bonds. The smallest absolute Gasteiger partial charge is 0.250 e. The molecule has 0 radical (unpaired) electrons. The zero-order valence-electron chi connectivity index (χ0n) is 10.8. The molecule has 0 saturated carbocycles. The van der Waals surface area contributed by atoms with Crippen LogP contribution in [0.2, 0.25) is 0 Å². The predicted octanol–water partition coefficient (Wildman–Crippen LogP) is 3.88. The van der Waals surface area contributed by atoms with E-state index in [2.05, 4.69) is 0 Å². The van der Waals surface area contributed by atoms with Crippen LogP contribution in [-0.2, 0) is 4.79 Å². The monoisotopic (exact) mass is 292 g/mol. The van der Waals surface area contributed by atoms with Crippen LogP contribution in [0.1, 0.15) is 25.0 Å². The van der Waals surface area contributed by atoms with Crippen LogP contribution < -0.4 is 5.73 Å². The lowest BCUT2D eigenvalue weighted by Crippen LogP contribution is -2.14. The molecule has 0 aromatic carbocycles. The van der Waals surface area contributed by atoms with Crippen molar-refractivity contribution in [2.45, 2.75) is 13.8 Å². The molecule has 3 nitrogen and oxygen atoms in total. The van der Waals surface area contributed by atoms with Crippen molar-refractivity contribution >= 4 is 45.9 Å². The average molecular weight is 292 g/mol. The molecule has 2 aromatic rings. The van der Waals surface area contributed by atoms with Crippen molar-refractivity contribution in [3.8, 4) is 0 Å². The first kappa shape index (κ1) is 15.3. The Labute approximate surface area is 120 Å². The summed E-state index contributed by atoms with van der Waals surface area (Å²) in [4.78, 5) is 11.6. The zero-order valence-corrected chi connectivity index (χ0v) is 12.5. The average Bonchev–Trinajstić information content (AvgIpc) is 3.10. The van der Waals surface area contributed by atoms with Crippen LogP contribution in [0.15, 0.2) is 33.7 Å². The summed E-state index contributed by atoms with van der Waals surface area (Å²) in [7, 11) is 0. The number of rotatable bonds is 4. The number of thiophene rings is 2. The van der Waals surface area contributed by atoms with E-state index >= 15 is 0 Å².